The van der Waals surface area contributed by atoms with Crippen molar-refractivity contribution in [3.8, 4) is 11.5 Å². The summed E-state index contributed by atoms with van der Waals surface area (Å²) in [5.41, 5.74) is 1.82. The molecule has 0 unspecified atom stereocenters. The average Bonchev–Trinajstić information content (AvgIpc) is 3.00. The highest BCUT2D eigenvalue weighted by Crippen LogP contribution is 2.35. The summed E-state index contributed by atoms with van der Waals surface area (Å²) >= 11 is 2.19. The molecule has 0 N–H and O–H groups in total. The third-order valence-electron chi connectivity index (χ3n) is 3.57. The number of carbonyl (C=O) groups excluding carboxylic acids is 1. The largest absolute Gasteiger partial charge is 0.490 e. The van der Waals surface area contributed by atoms with E-state index in [1.165, 1.54) is 0 Å². The Morgan fingerprint density at radius 3 is 2.54 bits per heavy atom. The second-order valence-corrected chi connectivity index (χ2v) is 6.56. The summed E-state index contributed by atoms with van der Waals surface area (Å²) in [4.78, 5) is 16.5. The molecule has 26 heavy (non-hydrogen) atoms. The number of benzene rings is 2. The molecule has 3 rings (SSSR count). The Balaban J connectivity index is 1.96. The van der Waals surface area contributed by atoms with Crippen molar-refractivity contribution in [2.75, 3.05) is 13.2 Å². The number of aliphatic imine (C=N–C) groups is 1. The van der Waals surface area contributed by atoms with Gasteiger partial charge in [-0.3, -0.25) is 0 Å². The zero-order valence-electron chi connectivity index (χ0n) is 14.5. The van der Waals surface area contributed by atoms with E-state index >= 15 is 0 Å². The normalized spacial score (nSPS) is 15.0. The van der Waals surface area contributed by atoms with Gasteiger partial charge in [-0.15, -0.1) is 0 Å². The van der Waals surface area contributed by atoms with Crippen molar-refractivity contribution in [3.05, 3.63) is 62.9 Å². The maximum atomic E-state index is 12.2. The van der Waals surface area contributed by atoms with Crippen molar-refractivity contribution >= 4 is 40.5 Å². The molecule has 0 bridgehead atoms. The molecule has 1 aliphatic rings. The molecule has 0 saturated heterocycles. The molecule has 0 saturated carbocycles. The molecule has 2 aromatic carbocycles. The van der Waals surface area contributed by atoms with Crippen molar-refractivity contribution in [2.45, 2.75) is 13.8 Å². The SMILES string of the molecule is CCOc1cc(C=C2N=C(c3ccccc3)OC2=O)cc(I)c1OCC. The van der Waals surface area contributed by atoms with E-state index in [1.54, 1.807) is 6.08 Å². The molecule has 1 heterocycles. The highest BCUT2D eigenvalue weighted by molar-refractivity contribution is 14.1. The van der Waals surface area contributed by atoms with E-state index in [9.17, 15) is 4.79 Å². The average molecular weight is 463 g/mol. The monoisotopic (exact) mass is 463 g/mol. The summed E-state index contributed by atoms with van der Waals surface area (Å²) < 4.78 is 17.5. The van der Waals surface area contributed by atoms with Crippen LogP contribution in [0, 0.1) is 3.57 Å². The quantitative estimate of drug-likeness (QED) is 0.361. The van der Waals surface area contributed by atoms with E-state index in [4.69, 9.17) is 14.2 Å². The fourth-order valence-corrected chi connectivity index (χ4v) is 3.27. The van der Waals surface area contributed by atoms with Crippen LogP contribution in [0.1, 0.15) is 25.0 Å². The molecule has 0 radical (unpaired) electrons. The number of hydrogen-bond acceptors (Lipinski definition) is 5. The predicted molar refractivity (Wildman–Crippen MR) is 109 cm³/mol. The maximum Gasteiger partial charge on any atom is 0.363 e. The summed E-state index contributed by atoms with van der Waals surface area (Å²) in [6, 6.07) is 13.1. The van der Waals surface area contributed by atoms with E-state index in [-0.39, 0.29) is 5.70 Å². The standard InChI is InChI=1S/C20H18INO4/c1-3-24-17-12-13(10-15(21)18(17)25-4-2)11-16-20(23)26-19(22-16)14-8-6-5-7-9-14/h5-12H,3-4H2,1-2H3. The van der Waals surface area contributed by atoms with Crippen LogP contribution in [0.5, 0.6) is 11.5 Å². The third-order valence-corrected chi connectivity index (χ3v) is 4.37. The molecular weight excluding hydrogens is 445 g/mol. The fourth-order valence-electron chi connectivity index (χ4n) is 2.49. The van der Waals surface area contributed by atoms with Crippen molar-refractivity contribution in [1.29, 1.82) is 0 Å². The minimum Gasteiger partial charge on any atom is -0.490 e. The van der Waals surface area contributed by atoms with Gasteiger partial charge in [-0.2, -0.15) is 0 Å². The Labute approximate surface area is 165 Å². The van der Waals surface area contributed by atoms with Gasteiger partial charge in [-0.05, 0) is 72.3 Å². The van der Waals surface area contributed by atoms with Gasteiger partial charge in [0.1, 0.15) is 0 Å². The number of esters is 1. The van der Waals surface area contributed by atoms with E-state index in [0.29, 0.717) is 30.6 Å². The lowest BCUT2D eigenvalue weighted by Crippen LogP contribution is -2.05. The van der Waals surface area contributed by atoms with Gasteiger partial charge in [-0.25, -0.2) is 9.79 Å². The number of cyclic esters (lactones) is 1. The summed E-state index contributed by atoms with van der Waals surface area (Å²) in [6.45, 7) is 4.91. The van der Waals surface area contributed by atoms with Crippen molar-refractivity contribution in [2.24, 2.45) is 4.99 Å². The lowest BCUT2D eigenvalue weighted by molar-refractivity contribution is -0.129. The molecule has 0 aliphatic carbocycles. The van der Waals surface area contributed by atoms with Crippen LogP contribution in [0.3, 0.4) is 0 Å². The predicted octanol–water partition coefficient (Wildman–Crippen LogP) is 4.43. The zero-order valence-corrected chi connectivity index (χ0v) is 16.6. The van der Waals surface area contributed by atoms with Crippen molar-refractivity contribution in [1.82, 2.24) is 0 Å². The van der Waals surface area contributed by atoms with Crippen LogP contribution in [0.4, 0.5) is 0 Å². The fraction of sp³-hybridized carbons (Fsp3) is 0.200. The summed E-state index contributed by atoms with van der Waals surface area (Å²) in [5, 5.41) is 0. The van der Waals surface area contributed by atoms with Crippen molar-refractivity contribution in [3.63, 3.8) is 0 Å². The molecule has 0 aromatic heterocycles. The Morgan fingerprint density at radius 2 is 1.85 bits per heavy atom. The molecule has 0 atom stereocenters. The van der Waals surface area contributed by atoms with Crippen LogP contribution in [0.15, 0.2) is 53.2 Å². The van der Waals surface area contributed by atoms with Gasteiger partial charge in [-0.1, -0.05) is 18.2 Å². The van der Waals surface area contributed by atoms with Gasteiger partial charge in [0, 0.05) is 5.56 Å². The van der Waals surface area contributed by atoms with Gasteiger partial charge in [0.2, 0.25) is 5.90 Å². The van der Waals surface area contributed by atoms with Crippen LogP contribution in [0.25, 0.3) is 6.08 Å². The first-order chi connectivity index (χ1) is 12.6. The Morgan fingerprint density at radius 1 is 1.12 bits per heavy atom. The molecular formula is C20H18INO4. The first kappa shape index (κ1) is 18.4. The highest BCUT2D eigenvalue weighted by atomic mass is 127. The Hall–Kier alpha value is -2.35. The van der Waals surface area contributed by atoms with Gasteiger partial charge >= 0.3 is 5.97 Å². The molecule has 5 nitrogen and oxygen atoms in total. The number of nitrogens with zero attached hydrogens (tertiary/aromatic N) is 1. The van der Waals surface area contributed by atoms with E-state index in [1.807, 2.05) is 56.3 Å². The van der Waals surface area contributed by atoms with Gasteiger partial charge in [0.05, 0.1) is 16.8 Å². The van der Waals surface area contributed by atoms with Crippen LogP contribution < -0.4 is 9.47 Å². The molecule has 0 fully saturated rings. The van der Waals surface area contributed by atoms with Crippen LogP contribution >= 0.6 is 22.6 Å². The van der Waals surface area contributed by atoms with Gasteiger partial charge < -0.3 is 14.2 Å². The van der Waals surface area contributed by atoms with Crippen LogP contribution in [0.2, 0.25) is 0 Å². The van der Waals surface area contributed by atoms with E-state index in [0.717, 1.165) is 14.7 Å². The van der Waals surface area contributed by atoms with Gasteiger partial charge in [0.15, 0.2) is 17.2 Å². The lowest BCUT2D eigenvalue weighted by atomic mass is 10.1. The second kappa shape index (κ2) is 8.35. The lowest BCUT2D eigenvalue weighted by Gasteiger charge is -2.13. The summed E-state index contributed by atoms with van der Waals surface area (Å²) in [6.07, 6.45) is 1.69. The summed E-state index contributed by atoms with van der Waals surface area (Å²) in [5.74, 6) is 1.20. The Bertz CT molecular complexity index is 875. The van der Waals surface area contributed by atoms with Crippen LogP contribution in [-0.2, 0) is 9.53 Å². The minimum absolute atomic E-state index is 0.256. The number of hydrogen-bond donors (Lipinski definition) is 0. The first-order valence-electron chi connectivity index (χ1n) is 8.29. The third kappa shape index (κ3) is 4.07. The highest BCUT2D eigenvalue weighted by Gasteiger charge is 2.24. The molecule has 6 heteroatoms. The second-order valence-electron chi connectivity index (χ2n) is 5.40. The molecule has 0 spiro atoms. The number of rotatable bonds is 6. The Kier molecular flexibility index (Phi) is 5.92. The summed E-state index contributed by atoms with van der Waals surface area (Å²) in [7, 11) is 0. The van der Waals surface area contributed by atoms with Gasteiger partial charge in [0.25, 0.3) is 0 Å². The van der Waals surface area contributed by atoms with E-state index in [2.05, 4.69) is 27.6 Å². The molecule has 2 aromatic rings. The number of halogens is 1. The smallest absolute Gasteiger partial charge is 0.363 e. The topological polar surface area (TPSA) is 57.1 Å². The molecule has 134 valence electrons. The zero-order chi connectivity index (χ0) is 18.5. The molecule has 0 amide bonds. The minimum atomic E-state index is -0.467. The number of carbonyl (C=O) groups is 1. The first-order valence-corrected chi connectivity index (χ1v) is 9.37. The van der Waals surface area contributed by atoms with E-state index < -0.39 is 5.97 Å². The number of ether oxygens (including phenoxy) is 3. The molecule has 1 aliphatic heterocycles. The maximum absolute atomic E-state index is 12.2. The van der Waals surface area contributed by atoms with Crippen molar-refractivity contribution < 1.29 is 19.0 Å². The van der Waals surface area contributed by atoms with Crippen LogP contribution in [-0.4, -0.2) is 25.1 Å².